The van der Waals surface area contributed by atoms with Gasteiger partial charge in [0.2, 0.25) is 5.82 Å². The lowest BCUT2D eigenvalue weighted by atomic mass is 10.2. The van der Waals surface area contributed by atoms with Crippen molar-refractivity contribution < 1.29 is 9.66 Å². The zero-order chi connectivity index (χ0) is 14.4. The summed E-state index contributed by atoms with van der Waals surface area (Å²) in [6.45, 7) is 9.85. The number of nitro groups is 1. The smallest absolute Gasteiger partial charge is 0.372 e. The topological polar surface area (TPSA) is 90.2 Å². The second-order valence-corrected chi connectivity index (χ2v) is 4.40. The lowest BCUT2D eigenvalue weighted by Gasteiger charge is -2.11. The normalized spacial score (nSPS) is 10.3. The van der Waals surface area contributed by atoms with E-state index in [0.717, 1.165) is 0 Å². The Labute approximate surface area is 111 Å². The van der Waals surface area contributed by atoms with Gasteiger partial charge in [0.25, 0.3) is 5.88 Å². The van der Waals surface area contributed by atoms with Crippen molar-refractivity contribution in [2.24, 2.45) is 5.92 Å². The van der Waals surface area contributed by atoms with Crippen molar-refractivity contribution in [1.29, 1.82) is 0 Å². The van der Waals surface area contributed by atoms with Crippen molar-refractivity contribution >= 4 is 11.5 Å². The SMILES string of the molecule is C=CCNc1nc(C)nc(OCC(C)C)c1[N+](=O)[O-]. The molecule has 0 aliphatic rings. The van der Waals surface area contributed by atoms with E-state index in [1.165, 1.54) is 0 Å². The van der Waals surface area contributed by atoms with E-state index < -0.39 is 4.92 Å². The van der Waals surface area contributed by atoms with Crippen LogP contribution >= 0.6 is 0 Å². The van der Waals surface area contributed by atoms with Gasteiger partial charge in [-0.15, -0.1) is 6.58 Å². The Hall–Kier alpha value is -2.18. The van der Waals surface area contributed by atoms with E-state index in [1.54, 1.807) is 13.0 Å². The number of aryl methyl sites for hydroxylation is 1. The summed E-state index contributed by atoms with van der Waals surface area (Å²) < 4.78 is 5.40. The molecule has 0 saturated heterocycles. The lowest BCUT2D eigenvalue weighted by molar-refractivity contribution is -0.385. The molecule has 0 aliphatic heterocycles. The average molecular weight is 266 g/mol. The quantitative estimate of drug-likeness (QED) is 0.462. The fourth-order valence-electron chi connectivity index (χ4n) is 1.34. The van der Waals surface area contributed by atoms with Crippen LogP contribution in [0.3, 0.4) is 0 Å². The zero-order valence-corrected chi connectivity index (χ0v) is 11.3. The second-order valence-electron chi connectivity index (χ2n) is 4.40. The van der Waals surface area contributed by atoms with Crippen LogP contribution in [0.2, 0.25) is 0 Å². The first-order valence-corrected chi connectivity index (χ1v) is 5.96. The molecule has 19 heavy (non-hydrogen) atoms. The first-order chi connectivity index (χ1) is 8.95. The summed E-state index contributed by atoms with van der Waals surface area (Å²) in [7, 11) is 0. The van der Waals surface area contributed by atoms with Gasteiger partial charge in [0.1, 0.15) is 5.82 Å². The Morgan fingerprint density at radius 3 is 2.74 bits per heavy atom. The number of nitrogens with one attached hydrogen (secondary N) is 1. The van der Waals surface area contributed by atoms with Crippen molar-refractivity contribution in [2.45, 2.75) is 20.8 Å². The summed E-state index contributed by atoms with van der Waals surface area (Å²) in [4.78, 5) is 18.6. The van der Waals surface area contributed by atoms with Crippen LogP contribution in [0.5, 0.6) is 5.88 Å². The molecule has 1 heterocycles. The Morgan fingerprint density at radius 1 is 1.53 bits per heavy atom. The van der Waals surface area contributed by atoms with Gasteiger partial charge in [0.05, 0.1) is 11.5 Å². The molecule has 0 aliphatic carbocycles. The van der Waals surface area contributed by atoms with Crippen molar-refractivity contribution in [3.63, 3.8) is 0 Å². The van der Waals surface area contributed by atoms with E-state index in [2.05, 4.69) is 21.9 Å². The predicted molar refractivity (Wildman–Crippen MR) is 72.4 cm³/mol. The summed E-state index contributed by atoms with van der Waals surface area (Å²) in [5, 5.41) is 14.0. The number of ether oxygens (including phenoxy) is 1. The molecule has 1 aromatic rings. The van der Waals surface area contributed by atoms with Crippen LogP contribution in [-0.4, -0.2) is 28.0 Å². The third-order valence-electron chi connectivity index (χ3n) is 2.11. The van der Waals surface area contributed by atoms with Crippen LogP contribution in [0.4, 0.5) is 11.5 Å². The van der Waals surface area contributed by atoms with E-state index in [-0.39, 0.29) is 23.3 Å². The van der Waals surface area contributed by atoms with Gasteiger partial charge >= 0.3 is 5.69 Å². The summed E-state index contributed by atoms with van der Waals surface area (Å²) in [6, 6.07) is 0. The largest absolute Gasteiger partial charge is 0.472 e. The van der Waals surface area contributed by atoms with Crippen LogP contribution in [-0.2, 0) is 0 Å². The zero-order valence-electron chi connectivity index (χ0n) is 11.3. The molecule has 0 saturated carbocycles. The van der Waals surface area contributed by atoms with Crippen LogP contribution in [0, 0.1) is 23.0 Å². The van der Waals surface area contributed by atoms with Crippen molar-refractivity contribution in [1.82, 2.24) is 9.97 Å². The summed E-state index contributed by atoms with van der Waals surface area (Å²) in [5.74, 6) is 0.810. The van der Waals surface area contributed by atoms with Gasteiger partial charge in [-0.2, -0.15) is 4.98 Å². The molecule has 0 amide bonds. The van der Waals surface area contributed by atoms with Gasteiger partial charge < -0.3 is 10.1 Å². The summed E-state index contributed by atoms with van der Waals surface area (Å²) >= 11 is 0. The lowest BCUT2D eigenvalue weighted by Crippen LogP contribution is -2.12. The van der Waals surface area contributed by atoms with Crippen molar-refractivity contribution in [2.75, 3.05) is 18.5 Å². The number of anilines is 1. The number of rotatable bonds is 7. The molecule has 1 N–H and O–H groups in total. The van der Waals surface area contributed by atoms with Gasteiger partial charge in [-0.25, -0.2) is 4.98 Å². The predicted octanol–water partition coefficient (Wildman–Crippen LogP) is 2.33. The van der Waals surface area contributed by atoms with E-state index >= 15 is 0 Å². The highest BCUT2D eigenvalue weighted by Crippen LogP contribution is 2.31. The Kier molecular flexibility index (Phi) is 5.23. The molecule has 0 fully saturated rings. The minimum absolute atomic E-state index is 0.00207. The fraction of sp³-hybridized carbons (Fsp3) is 0.500. The maximum atomic E-state index is 11.1. The van der Waals surface area contributed by atoms with Crippen molar-refractivity contribution in [3.05, 3.63) is 28.6 Å². The van der Waals surface area contributed by atoms with Gasteiger partial charge in [0, 0.05) is 6.54 Å². The van der Waals surface area contributed by atoms with Crippen LogP contribution in [0.25, 0.3) is 0 Å². The summed E-state index contributed by atoms with van der Waals surface area (Å²) in [6.07, 6.45) is 1.59. The number of aromatic nitrogens is 2. The number of nitrogens with zero attached hydrogens (tertiary/aromatic N) is 3. The molecule has 7 nitrogen and oxygen atoms in total. The Morgan fingerprint density at radius 2 is 2.21 bits per heavy atom. The molecule has 1 rings (SSSR count). The second kappa shape index (κ2) is 6.67. The highest BCUT2D eigenvalue weighted by Gasteiger charge is 2.25. The first-order valence-electron chi connectivity index (χ1n) is 5.96. The molecule has 104 valence electrons. The monoisotopic (exact) mass is 266 g/mol. The van der Waals surface area contributed by atoms with Gasteiger partial charge in [0.15, 0.2) is 0 Å². The maximum Gasteiger partial charge on any atom is 0.372 e. The minimum atomic E-state index is -0.541. The molecule has 7 heteroatoms. The van der Waals surface area contributed by atoms with E-state index in [9.17, 15) is 10.1 Å². The van der Waals surface area contributed by atoms with Crippen LogP contribution < -0.4 is 10.1 Å². The molecule has 0 atom stereocenters. The standard InChI is InChI=1S/C12H18N4O3/c1-5-6-13-11-10(16(17)18)12(15-9(4)14-11)19-7-8(2)3/h5,8H,1,6-7H2,2-4H3,(H,13,14,15). The minimum Gasteiger partial charge on any atom is -0.472 e. The molecule has 1 aromatic heterocycles. The van der Waals surface area contributed by atoms with Crippen molar-refractivity contribution in [3.8, 4) is 5.88 Å². The van der Waals surface area contributed by atoms with Gasteiger partial charge in [-0.05, 0) is 12.8 Å². The number of hydrogen-bond donors (Lipinski definition) is 1. The molecule has 0 spiro atoms. The number of hydrogen-bond acceptors (Lipinski definition) is 6. The van der Waals surface area contributed by atoms with E-state index in [1.807, 2.05) is 13.8 Å². The third kappa shape index (κ3) is 4.20. The highest BCUT2D eigenvalue weighted by molar-refractivity contribution is 5.61. The van der Waals surface area contributed by atoms with Gasteiger partial charge in [-0.3, -0.25) is 10.1 Å². The maximum absolute atomic E-state index is 11.1. The Bertz CT molecular complexity index is 474. The molecular formula is C12H18N4O3. The third-order valence-corrected chi connectivity index (χ3v) is 2.11. The van der Waals surface area contributed by atoms with E-state index in [4.69, 9.17) is 4.74 Å². The molecular weight excluding hydrogens is 248 g/mol. The molecule has 0 radical (unpaired) electrons. The Balaban J connectivity index is 3.15. The van der Waals surface area contributed by atoms with Crippen LogP contribution in [0.15, 0.2) is 12.7 Å². The highest BCUT2D eigenvalue weighted by atomic mass is 16.6. The molecule has 0 bridgehead atoms. The van der Waals surface area contributed by atoms with Crippen LogP contribution in [0.1, 0.15) is 19.7 Å². The molecule has 0 unspecified atom stereocenters. The summed E-state index contributed by atoms with van der Waals surface area (Å²) in [5.41, 5.74) is -0.242. The first kappa shape index (κ1) is 14.9. The van der Waals surface area contributed by atoms with Gasteiger partial charge in [-0.1, -0.05) is 19.9 Å². The average Bonchev–Trinajstić information content (AvgIpc) is 2.32. The van der Waals surface area contributed by atoms with E-state index in [0.29, 0.717) is 19.0 Å². The molecule has 0 aromatic carbocycles. The fourth-order valence-corrected chi connectivity index (χ4v) is 1.34.